The second-order valence-corrected chi connectivity index (χ2v) is 4.01. The van der Waals surface area contributed by atoms with Crippen LogP contribution in [0.25, 0.3) is 0 Å². The summed E-state index contributed by atoms with van der Waals surface area (Å²) in [5.41, 5.74) is 0.0594. The van der Waals surface area contributed by atoms with Gasteiger partial charge in [-0.05, 0) is 6.07 Å². The normalized spacial score (nSPS) is 12.2. The lowest BCUT2D eigenvalue weighted by molar-refractivity contribution is -0.139. The first-order chi connectivity index (χ1) is 7.95. The number of aliphatic carboxylic acids is 1. The van der Waals surface area contributed by atoms with E-state index in [1.165, 1.54) is 6.07 Å². The quantitative estimate of drug-likeness (QED) is 0.643. The van der Waals surface area contributed by atoms with Gasteiger partial charge in [-0.25, -0.2) is 4.79 Å². The van der Waals surface area contributed by atoms with Crippen molar-refractivity contribution in [3.63, 3.8) is 0 Å². The maximum absolute atomic E-state index is 11.6. The van der Waals surface area contributed by atoms with Crippen LogP contribution in [-0.4, -0.2) is 39.7 Å². The van der Waals surface area contributed by atoms with Crippen LogP contribution in [0, 0.1) is 0 Å². The van der Waals surface area contributed by atoms with E-state index in [-0.39, 0.29) is 28.9 Å². The Morgan fingerprint density at radius 3 is 2.53 bits per heavy atom. The molecule has 4 N–H and O–H groups in total. The number of nitrogens with one attached hydrogen (secondary N) is 2. The summed E-state index contributed by atoms with van der Waals surface area (Å²) >= 11 is 11.2. The number of aromatic amines is 1. The predicted octanol–water partition coefficient (Wildman–Crippen LogP) is 0.887. The van der Waals surface area contributed by atoms with Crippen LogP contribution in [0.5, 0.6) is 0 Å². The lowest BCUT2D eigenvalue weighted by atomic mass is 10.2. The first-order valence-corrected chi connectivity index (χ1v) is 5.39. The van der Waals surface area contributed by atoms with Crippen LogP contribution in [-0.2, 0) is 4.79 Å². The molecular formula is C9H10Cl2N2O4. The summed E-state index contributed by atoms with van der Waals surface area (Å²) < 4.78 is 0. The molecule has 1 amide bonds. The predicted molar refractivity (Wildman–Crippen MR) is 61.4 cm³/mol. The zero-order valence-electron chi connectivity index (χ0n) is 8.54. The second-order valence-electron chi connectivity index (χ2n) is 3.22. The topological polar surface area (TPSA) is 102 Å². The summed E-state index contributed by atoms with van der Waals surface area (Å²) in [6, 6.07) is 0.130. The molecule has 0 saturated carbocycles. The van der Waals surface area contributed by atoms with Crippen LogP contribution in [0.3, 0.4) is 0 Å². The number of aliphatic hydroxyl groups is 1. The van der Waals surface area contributed by atoms with E-state index in [1.807, 2.05) is 0 Å². The highest BCUT2D eigenvalue weighted by molar-refractivity contribution is 6.41. The molecule has 0 spiro atoms. The number of aliphatic hydroxyl groups excluding tert-OH is 1. The number of carbonyl (C=O) groups is 2. The first-order valence-electron chi connectivity index (χ1n) is 4.64. The summed E-state index contributed by atoms with van der Waals surface area (Å²) in [5.74, 6) is -1.88. The van der Waals surface area contributed by atoms with Crippen molar-refractivity contribution < 1.29 is 19.8 Å². The fourth-order valence-electron chi connectivity index (χ4n) is 1.15. The molecule has 0 aliphatic rings. The minimum Gasteiger partial charge on any atom is -0.480 e. The Kier molecular flexibility index (Phi) is 4.80. The molecule has 0 unspecified atom stereocenters. The van der Waals surface area contributed by atoms with Crippen molar-refractivity contribution in [2.45, 2.75) is 12.5 Å². The minimum atomic E-state index is -1.23. The number of H-pyrrole nitrogens is 1. The lowest BCUT2D eigenvalue weighted by Gasteiger charge is -2.12. The standard InChI is InChI=1S/C9H10Cl2N2O4/c10-4-3-6(12-7(4)11)8(15)13-5(1-2-14)9(16)17/h3,5,12,14H,1-2H2,(H,13,15)(H,16,17)/t5-/m1/s1. The number of hydrogen-bond acceptors (Lipinski definition) is 3. The first kappa shape index (κ1) is 13.8. The van der Waals surface area contributed by atoms with E-state index in [1.54, 1.807) is 0 Å². The Labute approximate surface area is 107 Å². The Hall–Kier alpha value is -1.24. The van der Waals surface area contributed by atoms with Gasteiger partial charge in [-0.3, -0.25) is 4.79 Å². The largest absolute Gasteiger partial charge is 0.480 e. The number of carbonyl (C=O) groups excluding carboxylic acids is 1. The molecule has 0 radical (unpaired) electrons. The highest BCUT2D eigenvalue weighted by atomic mass is 35.5. The second kappa shape index (κ2) is 5.90. The Balaban J connectivity index is 2.73. The number of rotatable bonds is 5. The van der Waals surface area contributed by atoms with Crippen LogP contribution >= 0.6 is 23.2 Å². The zero-order chi connectivity index (χ0) is 13.0. The van der Waals surface area contributed by atoms with Gasteiger partial charge >= 0.3 is 5.97 Å². The summed E-state index contributed by atoms with van der Waals surface area (Å²) in [4.78, 5) is 24.8. The van der Waals surface area contributed by atoms with Gasteiger partial charge < -0.3 is 20.5 Å². The average Bonchev–Trinajstić information content (AvgIpc) is 2.58. The van der Waals surface area contributed by atoms with E-state index in [4.69, 9.17) is 33.4 Å². The van der Waals surface area contributed by atoms with E-state index >= 15 is 0 Å². The van der Waals surface area contributed by atoms with Gasteiger partial charge in [0.2, 0.25) is 0 Å². The molecular weight excluding hydrogens is 271 g/mol. The number of amides is 1. The van der Waals surface area contributed by atoms with Crippen LogP contribution < -0.4 is 5.32 Å². The molecule has 0 aromatic carbocycles. The molecule has 1 heterocycles. The van der Waals surface area contributed by atoms with Gasteiger partial charge in [-0.15, -0.1) is 0 Å². The van der Waals surface area contributed by atoms with E-state index < -0.39 is 17.9 Å². The van der Waals surface area contributed by atoms with Crippen molar-refractivity contribution >= 4 is 35.1 Å². The summed E-state index contributed by atoms with van der Waals surface area (Å²) in [6.45, 7) is -0.344. The van der Waals surface area contributed by atoms with E-state index in [9.17, 15) is 9.59 Å². The molecule has 1 rings (SSSR count). The molecule has 17 heavy (non-hydrogen) atoms. The molecule has 8 heteroatoms. The monoisotopic (exact) mass is 280 g/mol. The Morgan fingerprint density at radius 1 is 1.47 bits per heavy atom. The average molecular weight is 281 g/mol. The highest BCUT2D eigenvalue weighted by Crippen LogP contribution is 2.21. The van der Waals surface area contributed by atoms with Crippen LogP contribution in [0.15, 0.2) is 6.07 Å². The van der Waals surface area contributed by atoms with Gasteiger partial charge in [0.1, 0.15) is 16.9 Å². The maximum Gasteiger partial charge on any atom is 0.326 e. The SMILES string of the molecule is O=C(N[C@H](CCO)C(=O)O)c1cc(Cl)c(Cl)[nH]1. The van der Waals surface area contributed by atoms with Gasteiger partial charge in [-0.2, -0.15) is 0 Å². The van der Waals surface area contributed by atoms with Crippen molar-refractivity contribution in [3.05, 3.63) is 21.9 Å². The van der Waals surface area contributed by atoms with E-state index in [0.29, 0.717) is 0 Å². The number of hydrogen-bond donors (Lipinski definition) is 4. The van der Waals surface area contributed by atoms with E-state index in [0.717, 1.165) is 0 Å². The minimum absolute atomic E-state index is 0.0594. The molecule has 0 aliphatic heterocycles. The van der Waals surface area contributed by atoms with Crippen molar-refractivity contribution in [3.8, 4) is 0 Å². The summed E-state index contributed by atoms with van der Waals surface area (Å²) in [5, 5.41) is 19.9. The Morgan fingerprint density at radius 2 is 2.12 bits per heavy atom. The zero-order valence-corrected chi connectivity index (χ0v) is 10.0. The van der Waals surface area contributed by atoms with Crippen molar-refractivity contribution in [1.82, 2.24) is 10.3 Å². The summed E-state index contributed by atoms with van der Waals surface area (Å²) in [7, 11) is 0. The van der Waals surface area contributed by atoms with Crippen LogP contribution in [0.2, 0.25) is 10.2 Å². The fourth-order valence-corrected chi connectivity index (χ4v) is 1.46. The van der Waals surface area contributed by atoms with Gasteiger partial charge in [0.15, 0.2) is 0 Å². The molecule has 6 nitrogen and oxygen atoms in total. The van der Waals surface area contributed by atoms with Gasteiger partial charge in [0.05, 0.1) is 5.02 Å². The smallest absolute Gasteiger partial charge is 0.326 e. The molecule has 1 aromatic rings. The highest BCUT2D eigenvalue weighted by Gasteiger charge is 2.21. The van der Waals surface area contributed by atoms with Gasteiger partial charge in [0.25, 0.3) is 5.91 Å². The molecule has 0 bridgehead atoms. The fraction of sp³-hybridized carbons (Fsp3) is 0.333. The molecule has 0 fully saturated rings. The number of carboxylic acid groups (broad SMARTS) is 1. The third-order valence-electron chi connectivity index (χ3n) is 1.99. The maximum atomic E-state index is 11.6. The van der Waals surface area contributed by atoms with Gasteiger partial charge in [-0.1, -0.05) is 23.2 Å². The molecule has 94 valence electrons. The number of halogens is 2. The summed E-state index contributed by atoms with van der Waals surface area (Å²) in [6.07, 6.45) is -0.0801. The molecule has 0 aliphatic carbocycles. The third kappa shape index (κ3) is 3.62. The van der Waals surface area contributed by atoms with E-state index in [2.05, 4.69) is 10.3 Å². The Bertz CT molecular complexity index is 413. The van der Waals surface area contributed by atoms with Crippen molar-refractivity contribution in [2.75, 3.05) is 6.61 Å². The van der Waals surface area contributed by atoms with Crippen LogP contribution in [0.4, 0.5) is 0 Å². The third-order valence-corrected chi connectivity index (χ3v) is 2.68. The van der Waals surface area contributed by atoms with Crippen molar-refractivity contribution in [1.29, 1.82) is 0 Å². The molecule has 1 aromatic heterocycles. The lowest BCUT2D eigenvalue weighted by Crippen LogP contribution is -2.41. The molecule has 0 saturated heterocycles. The number of aromatic nitrogens is 1. The number of carboxylic acids is 1. The van der Waals surface area contributed by atoms with Gasteiger partial charge in [0, 0.05) is 13.0 Å². The van der Waals surface area contributed by atoms with Crippen molar-refractivity contribution in [2.24, 2.45) is 0 Å². The molecule has 1 atom stereocenters. The van der Waals surface area contributed by atoms with Crippen LogP contribution in [0.1, 0.15) is 16.9 Å².